The molecule has 0 aliphatic rings. The maximum Gasteiger partial charge on any atom is 0.105 e. The van der Waals surface area contributed by atoms with Crippen molar-refractivity contribution in [3.8, 4) is 0 Å². The molecule has 1 nitrogen and oxygen atoms in total. The molecule has 1 N–H and O–H groups in total. The van der Waals surface area contributed by atoms with Crippen LogP contribution >= 0.6 is 0 Å². The lowest BCUT2D eigenvalue weighted by atomic mass is 9.93. The number of aliphatic hydroxyl groups excluding tert-OH is 1. The van der Waals surface area contributed by atoms with Crippen molar-refractivity contribution >= 4 is 0 Å². The Hall–Kier alpha value is -1.60. The summed E-state index contributed by atoms with van der Waals surface area (Å²) in [7, 11) is 0. The van der Waals surface area contributed by atoms with Crippen LogP contribution in [-0.4, -0.2) is 5.11 Å². The van der Waals surface area contributed by atoms with E-state index in [-0.39, 0.29) is 0 Å². The van der Waals surface area contributed by atoms with Crippen LogP contribution < -0.4 is 0 Å². The van der Waals surface area contributed by atoms with Crippen LogP contribution in [0.5, 0.6) is 0 Å². The van der Waals surface area contributed by atoms with Crippen molar-refractivity contribution in [3.05, 3.63) is 70.3 Å². The highest BCUT2D eigenvalue weighted by Crippen LogP contribution is 2.27. The van der Waals surface area contributed by atoms with Crippen LogP contribution in [-0.2, 0) is 0 Å². The first-order valence-electron chi connectivity index (χ1n) is 5.90. The predicted molar refractivity (Wildman–Crippen MR) is 71.2 cm³/mol. The molecule has 88 valence electrons. The number of aryl methyl sites for hydroxylation is 3. The van der Waals surface area contributed by atoms with E-state index in [9.17, 15) is 5.11 Å². The van der Waals surface area contributed by atoms with Crippen LogP contribution in [0.15, 0.2) is 42.5 Å². The smallest absolute Gasteiger partial charge is 0.105 e. The molecule has 1 atom stereocenters. The van der Waals surface area contributed by atoms with Gasteiger partial charge < -0.3 is 5.11 Å². The SMILES string of the molecule is Cc1ccc([C@H](O)c2c(C)cccc2C)cc1. The molecule has 0 radical (unpaired) electrons. The molecule has 0 spiro atoms. The van der Waals surface area contributed by atoms with Gasteiger partial charge in [-0.15, -0.1) is 0 Å². The molecule has 0 amide bonds. The maximum atomic E-state index is 10.4. The Bertz CT molecular complexity index is 491. The molecule has 1 heteroatoms. The second-order valence-electron chi connectivity index (χ2n) is 4.62. The van der Waals surface area contributed by atoms with E-state index >= 15 is 0 Å². The van der Waals surface area contributed by atoms with Gasteiger partial charge in [0.05, 0.1) is 0 Å². The van der Waals surface area contributed by atoms with Gasteiger partial charge in [-0.25, -0.2) is 0 Å². The Morgan fingerprint density at radius 1 is 0.824 bits per heavy atom. The number of hydrogen-bond acceptors (Lipinski definition) is 1. The van der Waals surface area contributed by atoms with Crippen molar-refractivity contribution in [3.63, 3.8) is 0 Å². The van der Waals surface area contributed by atoms with Crippen LogP contribution in [0.4, 0.5) is 0 Å². The van der Waals surface area contributed by atoms with E-state index in [1.54, 1.807) is 0 Å². The monoisotopic (exact) mass is 226 g/mol. The fraction of sp³-hybridized carbons (Fsp3) is 0.250. The molecule has 0 bridgehead atoms. The van der Waals surface area contributed by atoms with Crippen LogP contribution in [0.2, 0.25) is 0 Å². The second-order valence-corrected chi connectivity index (χ2v) is 4.62. The first kappa shape index (κ1) is 11.9. The van der Waals surface area contributed by atoms with Crippen molar-refractivity contribution in [1.29, 1.82) is 0 Å². The average Bonchev–Trinajstić information content (AvgIpc) is 2.29. The minimum Gasteiger partial charge on any atom is -0.384 e. The summed E-state index contributed by atoms with van der Waals surface area (Å²) in [5.74, 6) is 0. The minimum atomic E-state index is -0.531. The lowest BCUT2D eigenvalue weighted by Crippen LogP contribution is -2.04. The molecule has 0 aliphatic carbocycles. The molecule has 2 aromatic carbocycles. The Balaban J connectivity index is 2.43. The van der Waals surface area contributed by atoms with E-state index in [0.717, 1.165) is 22.3 Å². The fourth-order valence-electron chi connectivity index (χ4n) is 2.17. The molecule has 0 aromatic heterocycles. The highest BCUT2D eigenvalue weighted by atomic mass is 16.3. The summed E-state index contributed by atoms with van der Waals surface area (Å²) in [6.07, 6.45) is -0.531. The van der Waals surface area contributed by atoms with Gasteiger partial charge in [-0.05, 0) is 43.0 Å². The van der Waals surface area contributed by atoms with Gasteiger partial charge in [-0.1, -0.05) is 48.0 Å². The van der Waals surface area contributed by atoms with Gasteiger partial charge in [0.2, 0.25) is 0 Å². The summed E-state index contributed by atoms with van der Waals surface area (Å²) in [5.41, 5.74) is 5.46. The maximum absolute atomic E-state index is 10.4. The largest absolute Gasteiger partial charge is 0.384 e. The molecule has 0 saturated carbocycles. The van der Waals surface area contributed by atoms with E-state index in [1.165, 1.54) is 5.56 Å². The molecule has 0 fully saturated rings. The van der Waals surface area contributed by atoms with Gasteiger partial charge >= 0.3 is 0 Å². The highest BCUT2D eigenvalue weighted by Gasteiger charge is 2.14. The van der Waals surface area contributed by atoms with E-state index < -0.39 is 6.10 Å². The molecule has 0 heterocycles. The zero-order chi connectivity index (χ0) is 12.4. The molecule has 0 saturated heterocycles. The standard InChI is InChI=1S/C16H18O/c1-11-7-9-14(10-8-11)16(17)15-12(2)5-4-6-13(15)3/h4-10,16-17H,1-3H3/t16-/m0/s1. The zero-order valence-electron chi connectivity index (χ0n) is 10.6. The van der Waals surface area contributed by atoms with Crippen LogP contribution in [0.3, 0.4) is 0 Å². The van der Waals surface area contributed by atoms with Crippen molar-refractivity contribution in [2.45, 2.75) is 26.9 Å². The normalized spacial score (nSPS) is 12.5. The van der Waals surface area contributed by atoms with Gasteiger partial charge in [-0.3, -0.25) is 0 Å². The molecular weight excluding hydrogens is 208 g/mol. The van der Waals surface area contributed by atoms with E-state index in [2.05, 4.69) is 6.92 Å². The number of rotatable bonds is 2. The lowest BCUT2D eigenvalue weighted by molar-refractivity contribution is 0.219. The second kappa shape index (κ2) is 4.72. The van der Waals surface area contributed by atoms with Crippen molar-refractivity contribution < 1.29 is 5.11 Å². The average molecular weight is 226 g/mol. The number of benzene rings is 2. The Labute approximate surface area is 103 Å². The van der Waals surface area contributed by atoms with E-state index in [0.29, 0.717) is 0 Å². The molecule has 2 rings (SSSR count). The van der Waals surface area contributed by atoms with E-state index in [4.69, 9.17) is 0 Å². The predicted octanol–water partition coefficient (Wildman–Crippen LogP) is 3.69. The quantitative estimate of drug-likeness (QED) is 0.828. The highest BCUT2D eigenvalue weighted by molar-refractivity contribution is 5.40. The molecule has 0 unspecified atom stereocenters. The van der Waals surface area contributed by atoms with Crippen LogP contribution in [0.25, 0.3) is 0 Å². The van der Waals surface area contributed by atoms with E-state index in [1.807, 2.05) is 56.3 Å². The van der Waals surface area contributed by atoms with Gasteiger partial charge in [0.15, 0.2) is 0 Å². The Morgan fingerprint density at radius 2 is 1.35 bits per heavy atom. The molecule has 0 aliphatic heterocycles. The third-order valence-electron chi connectivity index (χ3n) is 3.21. The summed E-state index contributed by atoms with van der Waals surface area (Å²) < 4.78 is 0. The minimum absolute atomic E-state index is 0.531. The first-order valence-corrected chi connectivity index (χ1v) is 5.90. The summed E-state index contributed by atoms with van der Waals surface area (Å²) in [6.45, 7) is 6.13. The topological polar surface area (TPSA) is 20.2 Å². The molecule has 2 aromatic rings. The Morgan fingerprint density at radius 3 is 1.88 bits per heavy atom. The number of aliphatic hydroxyl groups is 1. The summed E-state index contributed by atoms with van der Waals surface area (Å²) in [6, 6.07) is 14.2. The third-order valence-corrected chi connectivity index (χ3v) is 3.21. The van der Waals surface area contributed by atoms with Gasteiger partial charge in [0.1, 0.15) is 6.10 Å². The zero-order valence-corrected chi connectivity index (χ0v) is 10.6. The lowest BCUT2D eigenvalue weighted by Gasteiger charge is -2.17. The van der Waals surface area contributed by atoms with Gasteiger partial charge in [0, 0.05) is 0 Å². The fourth-order valence-corrected chi connectivity index (χ4v) is 2.17. The van der Waals surface area contributed by atoms with Gasteiger partial charge in [0.25, 0.3) is 0 Å². The summed E-state index contributed by atoms with van der Waals surface area (Å²) >= 11 is 0. The van der Waals surface area contributed by atoms with Gasteiger partial charge in [-0.2, -0.15) is 0 Å². The van der Waals surface area contributed by atoms with Crippen molar-refractivity contribution in [2.24, 2.45) is 0 Å². The summed E-state index contributed by atoms with van der Waals surface area (Å²) in [4.78, 5) is 0. The third kappa shape index (κ3) is 2.40. The summed E-state index contributed by atoms with van der Waals surface area (Å²) in [5, 5.41) is 10.4. The van der Waals surface area contributed by atoms with Crippen LogP contribution in [0, 0.1) is 20.8 Å². The Kier molecular flexibility index (Phi) is 3.30. The first-order chi connectivity index (χ1) is 8.09. The van der Waals surface area contributed by atoms with Crippen molar-refractivity contribution in [1.82, 2.24) is 0 Å². The molecule has 17 heavy (non-hydrogen) atoms. The molecular formula is C16H18O. The number of hydrogen-bond donors (Lipinski definition) is 1. The van der Waals surface area contributed by atoms with Crippen LogP contribution in [0.1, 0.15) is 33.9 Å². The van der Waals surface area contributed by atoms with Crippen molar-refractivity contribution in [2.75, 3.05) is 0 Å².